The topological polar surface area (TPSA) is 88.2 Å². The van der Waals surface area contributed by atoms with Crippen molar-refractivity contribution in [3.63, 3.8) is 0 Å². The molecule has 0 fully saturated rings. The van der Waals surface area contributed by atoms with Gasteiger partial charge < -0.3 is 14.9 Å². The summed E-state index contributed by atoms with van der Waals surface area (Å²) >= 11 is 0. The van der Waals surface area contributed by atoms with Gasteiger partial charge in [0.15, 0.2) is 5.82 Å². The Kier molecular flexibility index (Phi) is 7.10. The fourth-order valence-corrected chi connectivity index (χ4v) is 1.75. The van der Waals surface area contributed by atoms with Gasteiger partial charge in [0.1, 0.15) is 0 Å². The largest absolute Gasteiger partial charge is 0.481 e. The first-order valence-electron chi connectivity index (χ1n) is 6.85. The summed E-state index contributed by atoms with van der Waals surface area (Å²) in [6.07, 6.45) is 3.76. The summed E-state index contributed by atoms with van der Waals surface area (Å²) < 4.78 is 5.10. The van der Waals surface area contributed by atoms with Crippen molar-refractivity contribution in [1.29, 1.82) is 0 Å². The number of carbonyl (C=O) groups is 1. The first-order valence-corrected chi connectivity index (χ1v) is 6.85. The number of aromatic nitrogens is 2. The fourth-order valence-electron chi connectivity index (χ4n) is 1.75. The van der Waals surface area contributed by atoms with E-state index in [2.05, 4.69) is 29.3 Å². The van der Waals surface area contributed by atoms with E-state index in [-0.39, 0.29) is 6.42 Å². The molecule has 0 amide bonds. The quantitative estimate of drug-likeness (QED) is 0.632. The first kappa shape index (κ1) is 15.6. The lowest BCUT2D eigenvalue weighted by Crippen LogP contribution is -2.17. The molecule has 1 rings (SSSR count). The number of hydrogen-bond donors (Lipinski definition) is 2. The van der Waals surface area contributed by atoms with Crippen LogP contribution < -0.4 is 5.32 Å². The summed E-state index contributed by atoms with van der Waals surface area (Å²) in [5, 5.41) is 15.7. The zero-order chi connectivity index (χ0) is 14.1. The highest BCUT2D eigenvalue weighted by molar-refractivity contribution is 5.66. The van der Waals surface area contributed by atoms with Crippen molar-refractivity contribution in [2.24, 2.45) is 5.92 Å². The minimum absolute atomic E-state index is 0.241. The van der Waals surface area contributed by atoms with Crippen LogP contribution in [0.5, 0.6) is 0 Å². The number of aliphatic carboxylic acids is 1. The average molecular weight is 269 g/mol. The Bertz CT molecular complexity index is 379. The third-order valence-electron chi connectivity index (χ3n) is 2.92. The SMILES string of the molecule is CCCc1noc(CNCCC(C)CCC(=O)O)n1. The van der Waals surface area contributed by atoms with Crippen molar-refractivity contribution >= 4 is 5.97 Å². The van der Waals surface area contributed by atoms with Crippen molar-refractivity contribution in [2.45, 2.75) is 52.5 Å². The number of carboxylic acid groups (broad SMARTS) is 1. The third kappa shape index (κ3) is 6.91. The summed E-state index contributed by atoms with van der Waals surface area (Å²) in [6.45, 7) is 5.54. The molecule has 0 radical (unpaired) electrons. The van der Waals surface area contributed by atoms with Gasteiger partial charge in [-0.1, -0.05) is 19.0 Å². The number of nitrogens with one attached hydrogen (secondary N) is 1. The number of carboxylic acids is 1. The molecule has 0 aliphatic rings. The van der Waals surface area contributed by atoms with E-state index in [1.54, 1.807) is 0 Å². The molecule has 0 saturated heterocycles. The molecule has 1 unspecified atom stereocenters. The van der Waals surface area contributed by atoms with E-state index >= 15 is 0 Å². The van der Waals surface area contributed by atoms with Crippen LogP contribution in [-0.2, 0) is 17.8 Å². The van der Waals surface area contributed by atoms with Crippen molar-refractivity contribution in [3.8, 4) is 0 Å². The highest BCUT2D eigenvalue weighted by atomic mass is 16.5. The summed E-state index contributed by atoms with van der Waals surface area (Å²) in [4.78, 5) is 14.7. The van der Waals surface area contributed by atoms with Crippen molar-refractivity contribution in [2.75, 3.05) is 6.54 Å². The number of hydrogen-bond acceptors (Lipinski definition) is 5. The van der Waals surface area contributed by atoms with E-state index in [9.17, 15) is 4.79 Å². The molecule has 0 saturated carbocycles. The monoisotopic (exact) mass is 269 g/mol. The summed E-state index contributed by atoms with van der Waals surface area (Å²) in [7, 11) is 0. The standard InChI is InChI=1S/C13H23N3O3/c1-3-4-11-15-12(19-16-11)9-14-8-7-10(2)5-6-13(17)18/h10,14H,3-9H2,1-2H3,(H,17,18). The molecular weight excluding hydrogens is 246 g/mol. The number of rotatable bonds is 10. The van der Waals surface area contributed by atoms with Crippen LogP contribution in [0.4, 0.5) is 0 Å². The molecule has 19 heavy (non-hydrogen) atoms. The Morgan fingerprint density at radius 1 is 1.47 bits per heavy atom. The number of nitrogens with zero attached hydrogens (tertiary/aromatic N) is 2. The van der Waals surface area contributed by atoms with E-state index in [0.717, 1.165) is 38.1 Å². The highest BCUT2D eigenvalue weighted by Gasteiger charge is 2.07. The molecule has 108 valence electrons. The molecule has 2 N–H and O–H groups in total. The predicted molar refractivity (Wildman–Crippen MR) is 70.7 cm³/mol. The molecule has 0 bridgehead atoms. The molecule has 0 spiro atoms. The van der Waals surface area contributed by atoms with Crippen LogP contribution in [-0.4, -0.2) is 27.8 Å². The van der Waals surface area contributed by atoms with Crippen LogP contribution in [0.2, 0.25) is 0 Å². The van der Waals surface area contributed by atoms with Gasteiger partial charge in [0.2, 0.25) is 5.89 Å². The van der Waals surface area contributed by atoms with Crippen LogP contribution in [0, 0.1) is 5.92 Å². The molecule has 1 aromatic rings. The van der Waals surface area contributed by atoms with Crippen molar-refractivity contribution < 1.29 is 14.4 Å². The van der Waals surface area contributed by atoms with Crippen molar-refractivity contribution in [1.82, 2.24) is 15.5 Å². The smallest absolute Gasteiger partial charge is 0.303 e. The Morgan fingerprint density at radius 2 is 2.26 bits per heavy atom. The van der Waals surface area contributed by atoms with Crippen LogP contribution in [0.15, 0.2) is 4.52 Å². The Labute approximate surface area is 113 Å². The van der Waals surface area contributed by atoms with Gasteiger partial charge in [0, 0.05) is 12.8 Å². The van der Waals surface area contributed by atoms with E-state index in [0.29, 0.717) is 18.4 Å². The second-order valence-electron chi connectivity index (χ2n) is 4.86. The van der Waals surface area contributed by atoms with E-state index in [4.69, 9.17) is 9.63 Å². The van der Waals surface area contributed by atoms with E-state index in [1.165, 1.54) is 0 Å². The van der Waals surface area contributed by atoms with Gasteiger partial charge in [0.05, 0.1) is 6.54 Å². The van der Waals surface area contributed by atoms with Gasteiger partial charge in [0.25, 0.3) is 0 Å². The Balaban J connectivity index is 2.10. The van der Waals surface area contributed by atoms with E-state index in [1.807, 2.05) is 0 Å². The van der Waals surface area contributed by atoms with Gasteiger partial charge in [-0.05, 0) is 31.7 Å². The molecule has 6 nitrogen and oxygen atoms in total. The maximum atomic E-state index is 10.4. The highest BCUT2D eigenvalue weighted by Crippen LogP contribution is 2.09. The maximum Gasteiger partial charge on any atom is 0.303 e. The van der Waals surface area contributed by atoms with Crippen molar-refractivity contribution in [3.05, 3.63) is 11.7 Å². The van der Waals surface area contributed by atoms with Crippen LogP contribution >= 0.6 is 0 Å². The van der Waals surface area contributed by atoms with E-state index < -0.39 is 5.97 Å². The molecule has 1 atom stereocenters. The van der Waals surface area contributed by atoms with Gasteiger partial charge >= 0.3 is 5.97 Å². The lowest BCUT2D eigenvalue weighted by atomic mass is 10.0. The molecule has 0 aliphatic heterocycles. The first-order chi connectivity index (χ1) is 9.11. The molecule has 0 aliphatic carbocycles. The van der Waals surface area contributed by atoms with Crippen LogP contribution in [0.25, 0.3) is 0 Å². The Hall–Kier alpha value is -1.43. The average Bonchev–Trinajstić information content (AvgIpc) is 2.80. The second-order valence-corrected chi connectivity index (χ2v) is 4.86. The maximum absolute atomic E-state index is 10.4. The molecule has 0 aromatic carbocycles. The third-order valence-corrected chi connectivity index (χ3v) is 2.92. The molecule has 1 aromatic heterocycles. The van der Waals surface area contributed by atoms with Gasteiger partial charge in [-0.15, -0.1) is 0 Å². The minimum Gasteiger partial charge on any atom is -0.481 e. The van der Waals surface area contributed by atoms with Gasteiger partial charge in [-0.2, -0.15) is 4.98 Å². The molecule has 1 heterocycles. The van der Waals surface area contributed by atoms with Gasteiger partial charge in [-0.25, -0.2) is 0 Å². The minimum atomic E-state index is -0.728. The Morgan fingerprint density at radius 3 is 2.95 bits per heavy atom. The summed E-state index contributed by atoms with van der Waals surface area (Å²) in [5.41, 5.74) is 0. The lowest BCUT2D eigenvalue weighted by Gasteiger charge is -2.09. The van der Waals surface area contributed by atoms with Crippen LogP contribution in [0.1, 0.15) is 51.2 Å². The predicted octanol–water partition coefficient (Wildman–Crippen LogP) is 2.00. The number of aryl methyl sites for hydroxylation is 1. The lowest BCUT2D eigenvalue weighted by molar-refractivity contribution is -0.137. The zero-order valence-electron chi connectivity index (χ0n) is 11.7. The normalized spacial score (nSPS) is 12.5. The molecule has 6 heteroatoms. The zero-order valence-corrected chi connectivity index (χ0v) is 11.7. The van der Waals surface area contributed by atoms with Crippen LogP contribution in [0.3, 0.4) is 0 Å². The summed E-state index contributed by atoms with van der Waals surface area (Å²) in [6, 6.07) is 0. The fraction of sp³-hybridized carbons (Fsp3) is 0.769. The summed E-state index contributed by atoms with van der Waals surface area (Å²) in [5.74, 6) is 1.05. The molecular formula is C13H23N3O3. The van der Waals surface area contributed by atoms with Gasteiger partial charge in [-0.3, -0.25) is 4.79 Å². The second kappa shape index (κ2) is 8.63.